The first kappa shape index (κ1) is 14.1. The maximum atomic E-state index is 10.7. The highest BCUT2D eigenvalue weighted by molar-refractivity contribution is 5.78. The fourth-order valence-corrected chi connectivity index (χ4v) is 4.21. The summed E-state index contributed by atoms with van der Waals surface area (Å²) < 4.78 is 5.50. The van der Waals surface area contributed by atoms with Crippen LogP contribution in [0.25, 0.3) is 0 Å². The van der Waals surface area contributed by atoms with Gasteiger partial charge in [-0.1, -0.05) is 0 Å². The van der Waals surface area contributed by atoms with Crippen LogP contribution in [0.3, 0.4) is 0 Å². The maximum Gasteiger partial charge on any atom is 0.191 e. The molecule has 3 N–H and O–H groups in total. The van der Waals surface area contributed by atoms with Gasteiger partial charge in [-0.2, -0.15) is 0 Å². The minimum atomic E-state index is -0.467. The Morgan fingerprint density at radius 1 is 1.50 bits per heavy atom. The van der Waals surface area contributed by atoms with Crippen molar-refractivity contribution in [1.29, 1.82) is 0 Å². The predicted octanol–water partition coefficient (Wildman–Crippen LogP) is 0.963. The van der Waals surface area contributed by atoms with Gasteiger partial charge in [0.15, 0.2) is 5.96 Å². The molecule has 1 aliphatic heterocycles. The van der Waals surface area contributed by atoms with Gasteiger partial charge < -0.3 is 20.5 Å². The van der Waals surface area contributed by atoms with Crippen molar-refractivity contribution in [2.24, 2.45) is 22.6 Å². The summed E-state index contributed by atoms with van der Waals surface area (Å²) in [5, 5.41) is 10.7. The third-order valence-corrected chi connectivity index (χ3v) is 5.33. The minimum Gasteiger partial charge on any atom is -0.390 e. The van der Waals surface area contributed by atoms with Crippen molar-refractivity contribution in [2.75, 3.05) is 26.2 Å². The van der Waals surface area contributed by atoms with Crippen LogP contribution in [0.15, 0.2) is 4.99 Å². The first-order chi connectivity index (χ1) is 9.57. The van der Waals surface area contributed by atoms with Crippen LogP contribution in [-0.2, 0) is 4.74 Å². The van der Waals surface area contributed by atoms with Crippen molar-refractivity contribution in [3.63, 3.8) is 0 Å². The number of aliphatic imine (C=N–C) groups is 1. The summed E-state index contributed by atoms with van der Waals surface area (Å²) in [7, 11) is 0. The van der Waals surface area contributed by atoms with E-state index in [1.165, 1.54) is 19.3 Å². The lowest BCUT2D eigenvalue weighted by atomic mass is 9.82. The van der Waals surface area contributed by atoms with E-state index in [4.69, 9.17) is 10.5 Å². The van der Waals surface area contributed by atoms with E-state index in [9.17, 15) is 5.11 Å². The van der Waals surface area contributed by atoms with E-state index in [2.05, 4.69) is 16.8 Å². The average molecular weight is 281 g/mol. The molecule has 2 bridgehead atoms. The second-order valence-corrected chi connectivity index (χ2v) is 6.80. The number of ether oxygens (including phenoxy) is 1. The molecular formula is C15H27N3O2. The summed E-state index contributed by atoms with van der Waals surface area (Å²) >= 11 is 0. The topological polar surface area (TPSA) is 71.1 Å². The molecule has 0 aromatic rings. The summed E-state index contributed by atoms with van der Waals surface area (Å²) in [6.07, 6.45) is 5.67. The molecule has 3 rings (SSSR count). The van der Waals surface area contributed by atoms with Crippen LogP contribution in [-0.4, -0.2) is 53.9 Å². The number of fused-ring (bicyclic) bond motifs is 2. The van der Waals surface area contributed by atoms with Crippen LogP contribution in [0.5, 0.6) is 0 Å². The SMILES string of the molecule is CC1CN(C(N)=NCCC2(O)CC3CCC2C3)CCO1. The van der Waals surface area contributed by atoms with Crippen molar-refractivity contribution in [3.8, 4) is 0 Å². The molecule has 1 saturated heterocycles. The van der Waals surface area contributed by atoms with E-state index >= 15 is 0 Å². The van der Waals surface area contributed by atoms with Gasteiger partial charge in [0.2, 0.25) is 0 Å². The number of nitrogens with two attached hydrogens (primary N) is 1. The Kier molecular flexibility index (Phi) is 3.91. The molecule has 114 valence electrons. The maximum absolute atomic E-state index is 10.7. The summed E-state index contributed by atoms with van der Waals surface area (Å²) in [6, 6.07) is 0. The van der Waals surface area contributed by atoms with Gasteiger partial charge in [-0.05, 0) is 50.9 Å². The van der Waals surface area contributed by atoms with E-state index in [-0.39, 0.29) is 6.10 Å². The fraction of sp³-hybridized carbons (Fsp3) is 0.933. The smallest absolute Gasteiger partial charge is 0.191 e. The van der Waals surface area contributed by atoms with Gasteiger partial charge in [0.1, 0.15) is 0 Å². The summed E-state index contributed by atoms with van der Waals surface area (Å²) in [5.74, 6) is 1.87. The van der Waals surface area contributed by atoms with E-state index in [0.29, 0.717) is 25.0 Å². The van der Waals surface area contributed by atoms with Crippen LogP contribution in [0.4, 0.5) is 0 Å². The largest absolute Gasteiger partial charge is 0.390 e. The zero-order chi connectivity index (χ0) is 14.2. The highest BCUT2D eigenvalue weighted by Gasteiger charge is 2.49. The standard InChI is InChI=1S/C15H27N3O2/c1-11-10-18(6-7-20-11)14(16)17-5-4-15(19)9-12-2-3-13(15)8-12/h11-13,19H,2-10H2,1H3,(H2,16,17). The Morgan fingerprint density at radius 3 is 3.00 bits per heavy atom. The number of nitrogens with zero attached hydrogens (tertiary/aromatic N) is 2. The zero-order valence-electron chi connectivity index (χ0n) is 12.4. The summed E-state index contributed by atoms with van der Waals surface area (Å²) in [5.41, 5.74) is 5.59. The minimum absolute atomic E-state index is 0.215. The normalized spacial score (nSPS) is 41.4. The van der Waals surface area contributed by atoms with Gasteiger partial charge in [-0.25, -0.2) is 0 Å². The molecule has 0 aromatic heterocycles. The van der Waals surface area contributed by atoms with Crippen molar-refractivity contribution < 1.29 is 9.84 Å². The second-order valence-electron chi connectivity index (χ2n) is 6.80. The molecule has 5 heteroatoms. The van der Waals surface area contributed by atoms with Gasteiger partial charge in [0, 0.05) is 19.6 Å². The molecule has 20 heavy (non-hydrogen) atoms. The highest BCUT2D eigenvalue weighted by Crippen LogP contribution is 2.52. The van der Waals surface area contributed by atoms with Gasteiger partial charge in [-0.15, -0.1) is 0 Å². The number of hydrogen-bond donors (Lipinski definition) is 2. The van der Waals surface area contributed by atoms with Crippen LogP contribution < -0.4 is 5.73 Å². The molecule has 2 aliphatic carbocycles. The lowest BCUT2D eigenvalue weighted by Gasteiger charge is -2.33. The van der Waals surface area contributed by atoms with E-state index in [1.54, 1.807) is 0 Å². The lowest BCUT2D eigenvalue weighted by Crippen LogP contribution is -2.48. The van der Waals surface area contributed by atoms with E-state index < -0.39 is 5.60 Å². The number of hydrogen-bond acceptors (Lipinski definition) is 3. The first-order valence-electron chi connectivity index (χ1n) is 7.96. The van der Waals surface area contributed by atoms with E-state index in [1.807, 2.05) is 0 Å². The fourth-order valence-electron chi connectivity index (χ4n) is 4.21. The Bertz CT molecular complexity index is 387. The molecule has 1 heterocycles. The molecule has 2 saturated carbocycles. The average Bonchev–Trinajstić information content (AvgIpc) is 2.98. The van der Waals surface area contributed by atoms with Crippen LogP contribution in [0.2, 0.25) is 0 Å². The van der Waals surface area contributed by atoms with Crippen LogP contribution >= 0.6 is 0 Å². The van der Waals surface area contributed by atoms with Crippen molar-refractivity contribution in [1.82, 2.24) is 4.90 Å². The third kappa shape index (κ3) is 2.79. The van der Waals surface area contributed by atoms with Gasteiger partial charge in [0.05, 0.1) is 18.3 Å². The van der Waals surface area contributed by atoms with Crippen molar-refractivity contribution in [2.45, 2.75) is 50.7 Å². The van der Waals surface area contributed by atoms with Crippen molar-refractivity contribution >= 4 is 5.96 Å². The van der Waals surface area contributed by atoms with Crippen molar-refractivity contribution in [3.05, 3.63) is 0 Å². The summed E-state index contributed by atoms with van der Waals surface area (Å²) in [6.45, 7) is 5.03. The van der Waals surface area contributed by atoms with E-state index in [0.717, 1.165) is 31.8 Å². The summed E-state index contributed by atoms with van der Waals surface area (Å²) in [4.78, 5) is 6.56. The quantitative estimate of drug-likeness (QED) is 0.597. The van der Waals surface area contributed by atoms with Gasteiger partial charge >= 0.3 is 0 Å². The molecule has 3 aliphatic rings. The Morgan fingerprint density at radius 2 is 2.35 bits per heavy atom. The number of rotatable bonds is 3. The molecule has 0 aromatic carbocycles. The Balaban J connectivity index is 1.50. The Labute approximate surface area is 121 Å². The van der Waals surface area contributed by atoms with Crippen LogP contribution in [0, 0.1) is 11.8 Å². The molecule has 3 fully saturated rings. The van der Waals surface area contributed by atoms with Gasteiger partial charge in [-0.3, -0.25) is 4.99 Å². The molecule has 0 spiro atoms. The second kappa shape index (κ2) is 5.53. The monoisotopic (exact) mass is 281 g/mol. The molecular weight excluding hydrogens is 254 g/mol. The highest BCUT2D eigenvalue weighted by atomic mass is 16.5. The van der Waals surface area contributed by atoms with Crippen LogP contribution in [0.1, 0.15) is 39.0 Å². The molecule has 0 amide bonds. The van der Waals surface area contributed by atoms with Gasteiger partial charge in [0.25, 0.3) is 0 Å². The number of morpholine rings is 1. The Hall–Kier alpha value is -0.810. The molecule has 4 atom stereocenters. The number of guanidine groups is 1. The first-order valence-corrected chi connectivity index (χ1v) is 7.96. The number of aliphatic hydroxyl groups is 1. The molecule has 0 radical (unpaired) electrons. The lowest BCUT2D eigenvalue weighted by molar-refractivity contribution is -0.0184. The molecule has 5 nitrogen and oxygen atoms in total. The predicted molar refractivity (Wildman–Crippen MR) is 78.5 cm³/mol. The third-order valence-electron chi connectivity index (χ3n) is 5.33. The molecule has 4 unspecified atom stereocenters. The zero-order valence-corrected chi connectivity index (χ0v) is 12.4.